The average Bonchev–Trinajstić information content (AvgIpc) is 3.04. The normalized spacial score (nSPS) is 12.1. The number of Topliss-reactive ketones (excluding diaryl/α,β-unsaturated/α-hetero) is 1. The van der Waals surface area contributed by atoms with Crippen molar-refractivity contribution in [2.45, 2.75) is 39.5 Å². The van der Waals surface area contributed by atoms with E-state index >= 15 is 0 Å². The van der Waals surface area contributed by atoms with Crippen molar-refractivity contribution in [3.05, 3.63) is 58.6 Å². The Balaban J connectivity index is 1.76. The van der Waals surface area contributed by atoms with Crippen LogP contribution in [0.5, 0.6) is 0 Å². The molecule has 2 aromatic carbocycles. The topological polar surface area (TPSA) is 59.1 Å². The molecule has 5 heteroatoms. The summed E-state index contributed by atoms with van der Waals surface area (Å²) in [6.07, 6.45) is 0.988. The fraction of sp³-hybridized carbons (Fsp3) is 0.286. The molecule has 1 heterocycles. The first kappa shape index (κ1) is 18.3. The zero-order chi connectivity index (χ0) is 18.7. The van der Waals surface area contributed by atoms with Gasteiger partial charge >= 0.3 is 0 Å². The monoisotopic (exact) mass is 366 g/mol. The summed E-state index contributed by atoms with van der Waals surface area (Å²) in [4.78, 5) is 29.3. The number of aryl methyl sites for hydroxylation is 1. The number of fused-ring (bicyclic) bond motifs is 1. The van der Waals surface area contributed by atoms with Crippen LogP contribution in [0.1, 0.15) is 42.3 Å². The standard InChI is InChI=1S/C21H22N2O2S/c1-4-13(2)15-9-7-8-14(3)20(15)23-21(25)17(24)12-19-22-16-10-5-6-11-18(16)26-19/h5-11,13H,4,12H2,1-3H3,(H,23,25). The van der Waals surface area contributed by atoms with Crippen molar-refractivity contribution in [3.63, 3.8) is 0 Å². The number of para-hydroxylation sites is 2. The van der Waals surface area contributed by atoms with Gasteiger partial charge in [-0.25, -0.2) is 4.98 Å². The first-order chi connectivity index (χ1) is 12.5. The lowest BCUT2D eigenvalue weighted by atomic mass is 9.94. The molecular formula is C21H22N2O2S. The number of hydrogen-bond acceptors (Lipinski definition) is 4. The molecular weight excluding hydrogens is 344 g/mol. The summed E-state index contributed by atoms with van der Waals surface area (Å²) in [7, 11) is 0. The smallest absolute Gasteiger partial charge is 0.292 e. The molecule has 3 aromatic rings. The van der Waals surface area contributed by atoms with Crippen LogP contribution in [0, 0.1) is 6.92 Å². The van der Waals surface area contributed by atoms with Gasteiger partial charge in [0.1, 0.15) is 5.01 Å². The van der Waals surface area contributed by atoms with Gasteiger partial charge in [0.05, 0.1) is 16.6 Å². The van der Waals surface area contributed by atoms with Crippen LogP contribution in [0.4, 0.5) is 5.69 Å². The zero-order valence-electron chi connectivity index (χ0n) is 15.2. The molecule has 1 amide bonds. The Morgan fingerprint density at radius 3 is 2.65 bits per heavy atom. The Kier molecular flexibility index (Phi) is 5.47. The molecule has 0 aliphatic rings. The summed E-state index contributed by atoms with van der Waals surface area (Å²) < 4.78 is 1.02. The number of carbonyl (C=O) groups excluding carboxylic acids is 2. The number of benzene rings is 2. The highest BCUT2D eigenvalue weighted by molar-refractivity contribution is 7.18. The quantitative estimate of drug-likeness (QED) is 0.633. The van der Waals surface area contributed by atoms with Gasteiger partial charge in [-0.2, -0.15) is 0 Å². The first-order valence-electron chi connectivity index (χ1n) is 8.77. The molecule has 1 aromatic heterocycles. The number of ketones is 1. The van der Waals surface area contributed by atoms with Crippen LogP contribution in [0.15, 0.2) is 42.5 Å². The number of hydrogen-bond donors (Lipinski definition) is 1. The molecule has 0 bridgehead atoms. The van der Waals surface area contributed by atoms with Crippen LogP contribution in [0.25, 0.3) is 10.2 Å². The van der Waals surface area contributed by atoms with Gasteiger partial charge in [0.15, 0.2) is 0 Å². The highest BCUT2D eigenvalue weighted by Crippen LogP contribution is 2.29. The van der Waals surface area contributed by atoms with Crippen molar-refractivity contribution >= 4 is 38.9 Å². The largest absolute Gasteiger partial charge is 0.319 e. The number of nitrogens with one attached hydrogen (secondary N) is 1. The number of aromatic nitrogens is 1. The SMILES string of the molecule is CCC(C)c1cccc(C)c1NC(=O)C(=O)Cc1nc2ccccc2s1. The van der Waals surface area contributed by atoms with Crippen molar-refractivity contribution in [1.29, 1.82) is 0 Å². The summed E-state index contributed by atoms with van der Waals surface area (Å²) in [6, 6.07) is 13.7. The molecule has 0 fully saturated rings. The molecule has 4 nitrogen and oxygen atoms in total. The van der Waals surface area contributed by atoms with Gasteiger partial charge in [0.2, 0.25) is 5.78 Å². The van der Waals surface area contributed by atoms with Crippen LogP contribution in [-0.4, -0.2) is 16.7 Å². The van der Waals surface area contributed by atoms with Crippen molar-refractivity contribution < 1.29 is 9.59 Å². The van der Waals surface area contributed by atoms with Crippen LogP contribution in [-0.2, 0) is 16.0 Å². The van der Waals surface area contributed by atoms with E-state index < -0.39 is 11.7 Å². The van der Waals surface area contributed by atoms with Gasteiger partial charge in [0, 0.05) is 5.69 Å². The maximum Gasteiger partial charge on any atom is 0.292 e. The minimum atomic E-state index is -0.580. The van der Waals surface area contributed by atoms with Crippen molar-refractivity contribution in [1.82, 2.24) is 4.98 Å². The van der Waals surface area contributed by atoms with Gasteiger partial charge in [0.25, 0.3) is 5.91 Å². The fourth-order valence-corrected chi connectivity index (χ4v) is 3.85. The first-order valence-corrected chi connectivity index (χ1v) is 9.59. The van der Waals surface area contributed by atoms with Crippen LogP contribution >= 0.6 is 11.3 Å². The second-order valence-corrected chi connectivity index (χ2v) is 7.59. The van der Waals surface area contributed by atoms with E-state index in [4.69, 9.17) is 0 Å². The van der Waals surface area contributed by atoms with Crippen LogP contribution < -0.4 is 5.32 Å². The van der Waals surface area contributed by atoms with E-state index in [-0.39, 0.29) is 6.42 Å². The Morgan fingerprint density at radius 2 is 1.92 bits per heavy atom. The summed E-state index contributed by atoms with van der Waals surface area (Å²) >= 11 is 1.45. The molecule has 0 radical (unpaired) electrons. The van der Waals surface area contributed by atoms with Gasteiger partial charge in [-0.3, -0.25) is 9.59 Å². The Bertz CT molecular complexity index is 929. The zero-order valence-corrected chi connectivity index (χ0v) is 16.0. The van der Waals surface area contributed by atoms with Gasteiger partial charge in [-0.05, 0) is 42.5 Å². The molecule has 0 saturated heterocycles. The Hall–Kier alpha value is -2.53. The maximum atomic E-state index is 12.5. The molecule has 3 rings (SSSR count). The molecule has 1 atom stereocenters. The molecule has 0 saturated carbocycles. The number of amides is 1. The van der Waals surface area contributed by atoms with E-state index in [0.717, 1.165) is 33.5 Å². The minimum absolute atomic E-state index is 0.0235. The molecule has 0 aliphatic carbocycles. The molecule has 1 N–H and O–H groups in total. The average molecular weight is 366 g/mol. The van der Waals surface area contributed by atoms with Crippen molar-refractivity contribution in [2.75, 3.05) is 5.32 Å². The van der Waals surface area contributed by atoms with E-state index in [1.54, 1.807) is 0 Å². The number of anilines is 1. The lowest BCUT2D eigenvalue weighted by Crippen LogP contribution is -2.25. The van der Waals surface area contributed by atoms with E-state index in [2.05, 4.69) is 24.1 Å². The van der Waals surface area contributed by atoms with Gasteiger partial charge in [-0.1, -0.05) is 44.2 Å². The predicted molar refractivity (Wildman–Crippen MR) is 107 cm³/mol. The summed E-state index contributed by atoms with van der Waals surface area (Å²) in [5.74, 6) is -0.741. The lowest BCUT2D eigenvalue weighted by molar-refractivity contribution is -0.134. The Labute approximate surface area is 157 Å². The maximum absolute atomic E-state index is 12.5. The second kappa shape index (κ2) is 7.79. The number of nitrogens with zero attached hydrogens (tertiary/aromatic N) is 1. The summed E-state index contributed by atoms with van der Waals surface area (Å²) in [6.45, 7) is 6.17. The third-order valence-corrected chi connectivity index (χ3v) is 5.63. The van der Waals surface area contributed by atoms with Gasteiger partial charge in [-0.15, -0.1) is 11.3 Å². The molecule has 26 heavy (non-hydrogen) atoms. The highest BCUT2D eigenvalue weighted by atomic mass is 32.1. The fourth-order valence-electron chi connectivity index (χ4n) is 2.89. The third kappa shape index (κ3) is 3.83. The second-order valence-electron chi connectivity index (χ2n) is 6.48. The van der Waals surface area contributed by atoms with Crippen LogP contribution in [0.2, 0.25) is 0 Å². The minimum Gasteiger partial charge on any atom is -0.319 e. The molecule has 134 valence electrons. The number of thiazole rings is 1. The number of carbonyl (C=O) groups is 2. The number of rotatable bonds is 6. The van der Waals surface area contributed by atoms with E-state index in [0.29, 0.717) is 10.9 Å². The molecule has 0 aliphatic heterocycles. The summed E-state index contributed by atoms with van der Waals surface area (Å²) in [5.41, 5.74) is 3.64. The highest BCUT2D eigenvalue weighted by Gasteiger charge is 2.20. The lowest BCUT2D eigenvalue weighted by Gasteiger charge is -2.17. The molecule has 1 unspecified atom stereocenters. The van der Waals surface area contributed by atoms with E-state index in [1.165, 1.54) is 11.3 Å². The summed E-state index contributed by atoms with van der Waals surface area (Å²) in [5, 5.41) is 3.50. The van der Waals surface area contributed by atoms with E-state index in [1.807, 2.05) is 49.4 Å². The van der Waals surface area contributed by atoms with Crippen molar-refractivity contribution in [2.24, 2.45) is 0 Å². The van der Waals surface area contributed by atoms with Crippen LogP contribution in [0.3, 0.4) is 0 Å². The van der Waals surface area contributed by atoms with E-state index in [9.17, 15) is 9.59 Å². The Morgan fingerprint density at radius 1 is 1.15 bits per heavy atom. The van der Waals surface area contributed by atoms with Crippen molar-refractivity contribution in [3.8, 4) is 0 Å². The predicted octanol–water partition coefficient (Wildman–Crippen LogP) is 4.87. The van der Waals surface area contributed by atoms with Gasteiger partial charge < -0.3 is 5.32 Å². The third-order valence-electron chi connectivity index (χ3n) is 4.59. The molecule has 0 spiro atoms.